The van der Waals surface area contributed by atoms with Crippen LogP contribution in [0.1, 0.15) is 22.9 Å². The van der Waals surface area contributed by atoms with Crippen LogP contribution in [-0.4, -0.2) is 24.2 Å². The fourth-order valence-corrected chi connectivity index (χ4v) is 3.55. The average molecular weight is 390 g/mol. The molecule has 1 aliphatic rings. The third kappa shape index (κ3) is 3.86. The first-order chi connectivity index (χ1) is 11.8. The second-order valence-electron chi connectivity index (χ2n) is 5.98. The minimum absolute atomic E-state index is 0.0647. The molecule has 134 valence electrons. The zero-order valence-electron chi connectivity index (χ0n) is 13.3. The van der Waals surface area contributed by atoms with Crippen LogP contribution in [0.3, 0.4) is 0 Å². The molecular weight excluding hydrogens is 374 g/mol. The molecule has 25 heavy (non-hydrogen) atoms. The highest BCUT2D eigenvalue weighted by atomic mass is 35.5. The van der Waals surface area contributed by atoms with E-state index in [1.807, 2.05) is 6.07 Å². The quantitative estimate of drug-likeness (QED) is 0.788. The van der Waals surface area contributed by atoms with Crippen molar-refractivity contribution >= 4 is 28.9 Å². The van der Waals surface area contributed by atoms with E-state index < -0.39 is 12.2 Å². The van der Waals surface area contributed by atoms with Crippen molar-refractivity contribution in [3.05, 3.63) is 57.3 Å². The Kier molecular flexibility index (Phi) is 5.14. The first-order valence-corrected chi connectivity index (χ1v) is 8.47. The molecule has 2 atom stereocenters. The van der Waals surface area contributed by atoms with E-state index in [2.05, 4.69) is 15.6 Å². The number of pyridine rings is 1. The average Bonchev–Trinajstić information content (AvgIpc) is 2.95. The molecule has 2 aromatic rings. The number of anilines is 1. The number of nitrogens with one attached hydrogen (secondary N) is 2. The van der Waals surface area contributed by atoms with Gasteiger partial charge in [-0.05, 0) is 49.2 Å². The Labute approximate surface area is 153 Å². The number of hydrogen-bond acceptors (Lipinski definition) is 3. The van der Waals surface area contributed by atoms with Crippen molar-refractivity contribution in [3.8, 4) is 0 Å². The minimum atomic E-state index is -4.39. The maximum absolute atomic E-state index is 12.9. The Morgan fingerprint density at radius 1 is 1.16 bits per heavy atom. The van der Waals surface area contributed by atoms with Crippen LogP contribution in [-0.2, 0) is 12.8 Å². The Balaban J connectivity index is 1.70. The molecule has 3 rings (SSSR count). The van der Waals surface area contributed by atoms with E-state index in [-0.39, 0.29) is 11.7 Å². The second-order valence-corrected chi connectivity index (χ2v) is 6.77. The molecule has 0 spiro atoms. The number of hydrogen-bond donors (Lipinski definition) is 2. The topological polar surface area (TPSA) is 37.0 Å². The van der Waals surface area contributed by atoms with Gasteiger partial charge in [0.05, 0.1) is 27.6 Å². The summed E-state index contributed by atoms with van der Waals surface area (Å²) in [5, 5.41) is 6.62. The van der Waals surface area contributed by atoms with Gasteiger partial charge in [0.2, 0.25) is 0 Å². The van der Waals surface area contributed by atoms with Crippen LogP contribution in [0.2, 0.25) is 10.0 Å². The molecule has 0 saturated carbocycles. The minimum Gasteiger partial charge on any atom is -0.380 e. The molecule has 1 heterocycles. The van der Waals surface area contributed by atoms with Crippen LogP contribution in [0.15, 0.2) is 30.5 Å². The monoisotopic (exact) mass is 389 g/mol. The molecule has 1 aromatic heterocycles. The molecule has 1 aliphatic carbocycles. The molecule has 1 aromatic carbocycles. The number of fused-ring (bicyclic) bond motifs is 1. The molecule has 1 unspecified atom stereocenters. The summed E-state index contributed by atoms with van der Waals surface area (Å²) >= 11 is 12.3. The zero-order valence-corrected chi connectivity index (χ0v) is 14.8. The van der Waals surface area contributed by atoms with Gasteiger partial charge in [0.25, 0.3) is 0 Å². The Morgan fingerprint density at radius 2 is 1.92 bits per heavy atom. The van der Waals surface area contributed by atoms with Crippen molar-refractivity contribution in [1.29, 1.82) is 0 Å². The molecule has 3 nitrogen and oxygen atoms in total. The fourth-order valence-electron chi connectivity index (χ4n) is 3.11. The van der Waals surface area contributed by atoms with Crippen molar-refractivity contribution in [2.75, 3.05) is 12.4 Å². The lowest BCUT2D eigenvalue weighted by atomic mass is 10.1. The molecule has 0 bridgehead atoms. The molecule has 2 N–H and O–H groups in total. The molecule has 0 aliphatic heterocycles. The summed E-state index contributed by atoms with van der Waals surface area (Å²) in [6.07, 6.45) is -1.49. The number of aromatic nitrogens is 1. The van der Waals surface area contributed by atoms with Gasteiger partial charge in [-0.3, -0.25) is 4.98 Å². The van der Waals surface area contributed by atoms with Gasteiger partial charge in [-0.15, -0.1) is 0 Å². The van der Waals surface area contributed by atoms with E-state index in [1.54, 1.807) is 12.1 Å². The largest absolute Gasteiger partial charge is 0.409 e. The Morgan fingerprint density at radius 3 is 2.52 bits per heavy atom. The lowest BCUT2D eigenvalue weighted by Gasteiger charge is -2.20. The molecule has 0 amide bonds. The molecule has 0 radical (unpaired) electrons. The van der Waals surface area contributed by atoms with Gasteiger partial charge in [0.1, 0.15) is 6.04 Å². The number of rotatable bonds is 4. The summed E-state index contributed by atoms with van der Waals surface area (Å²) in [5.74, 6) is 0. The van der Waals surface area contributed by atoms with Crippen LogP contribution in [0.4, 0.5) is 18.9 Å². The van der Waals surface area contributed by atoms with Gasteiger partial charge < -0.3 is 10.6 Å². The Hall–Kier alpha value is -1.50. The van der Waals surface area contributed by atoms with E-state index in [9.17, 15) is 13.2 Å². The first-order valence-electron chi connectivity index (χ1n) is 7.72. The van der Waals surface area contributed by atoms with Crippen molar-refractivity contribution in [2.45, 2.75) is 31.1 Å². The predicted octanol–water partition coefficient (Wildman–Crippen LogP) is 4.79. The van der Waals surface area contributed by atoms with Gasteiger partial charge in [0, 0.05) is 6.04 Å². The summed E-state index contributed by atoms with van der Waals surface area (Å²) in [4.78, 5) is 3.95. The molecule has 8 heteroatoms. The Bertz CT molecular complexity index is 763. The van der Waals surface area contributed by atoms with E-state index in [4.69, 9.17) is 23.2 Å². The van der Waals surface area contributed by atoms with Crippen LogP contribution in [0, 0.1) is 0 Å². The number of nitrogens with zero attached hydrogens (tertiary/aromatic N) is 1. The lowest BCUT2D eigenvalue weighted by molar-refractivity contribution is -0.157. The molecule has 0 saturated heterocycles. The fraction of sp³-hybridized carbons (Fsp3) is 0.353. The maximum atomic E-state index is 12.9. The van der Waals surface area contributed by atoms with Crippen LogP contribution in [0.25, 0.3) is 0 Å². The highest BCUT2D eigenvalue weighted by Gasteiger charge is 2.40. The highest BCUT2D eigenvalue weighted by Crippen LogP contribution is 2.35. The van der Waals surface area contributed by atoms with E-state index in [1.165, 1.54) is 19.3 Å². The second kappa shape index (κ2) is 7.02. The summed E-state index contributed by atoms with van der Waals surface area (Å²) in [6.45, 7) is 0. The van der Waals surface area contributed by atoms with E-state index in [0.717, 1.165) is 17.5 Å². The van der Waals surface area contributed by atoms with Gasteiger partial charge >= 0.3 is 6.18 Å². The maximum Gasteiger partial charge on any atom is 0.409 e. The summed E-state index contributed by atoms with van der Waals surface area (Å²) in [5.41, 5.74) is 2.75. The van der Waals surface area contributed by atoms with Crippen molar-refractivity contribution in [1.82, 2.24) is 10.3 Å². The predicted molar refractivity (Wildman–Crippen MR) is 93.4 cm³/mol. The highest BCUT2D eigenvalue weighted by molar-refractivity contribution is 6.42. The standard InChI is InChI=1S/C17H16Cl2F3N3/c1-23-16(17(20,21)22)14-5-3-10(8-24-14)25-11-6-9-2-4-13(18)15(19)12(9)7-11/h2-5,8,11,16,23,25H,6-7H2,1H3/t11?,16-/m0/s1. The van der Waals surface area contributed by atoms with E-state index >= 15 is 0 Å². The van der Waals surface area contributed by atoms with Gasteiger partial charge in [0.15, 0.2) is 0 Å². The first kappa shape index (κ1) is 18.3. The number of benzene rings is 1. The van der Waals surface area contributed by atoms with Gasteiger partial charge in [-0.25, -0.2) is 0 Å². The van der Waals surface area contributed by atoms with Crippen LogP contribution >= 0.6 is 23.2 Å². The van der Waals surface area contributed by atoms with Crippen LogP contribution < -0.4 is 10.6 Å². The summed E-state index contributed by atoms with van der Waals surface area (Å²) < 4.78 is 38.7. The SMILES string of the molecule is CN[C@@H](c1ccc(NC2Cc3ccc(Cl)c(Cl)c3C2)cn1)C(F)(F)F. The van der Waals surface area contributed by atoms with Crippen molar-refractivity contribution < 1.29 is 13.2 Å². The normalized spacial score (nSPS) is 18.1. The summed E-state index contributed by atoms with van der Waals surface area (Å²) in [7, 11) is 1.26. The molecular formula is C17H16Cl2F3N3. The number of alkyl halides is 3. The smallest absolute Gasteiger partial charge is 0.380 e. The van der Waals surface area contributed by atoms with Gasteiger partial charge in [-0.2, -0.15) is 13.2 Å². The lowest BCUT2D eigenvalue weighted by Crippen LogP contribution is -2.32. The number of halogens is 5. The van der Waals surface area contributed by atoms with Gasteiger partial charge in [-0.1, -0.05) is 29.3 Å². The third-order valence-electron chi connectivity index (χ3n) is 4.28. The van der Waals surface area contributed by atoms with Crippen molar-refractivity contribution in [3.63, 3.8) is 0 Å². The van der Waals surface area contributed by atoms with Crippen LogP contribution in [0.5, 0.6) is 0 Å². The molecule has 0 fully saturated rings. The zero-order chi connectivity index (χ0) is 18.2. The van der Waals surface area contributed by atoms with E-state index in [0.29, 0.717) is 22.2 Å². The summed E-state index contributed by atoms with van der Waals surface area (Å²) in [6, 6.07) is 5.03. The van der Waals surface area contributed by atoms with Crippen molar-refractivity contribution in [2.24, 2.45) is 0 Å². The third-order valence-corrected chi connectivity index (χ3v) is 5.12.